The van der Waals surface area contributed by atoms with Crippen molar-refractivity contribution in [3.05, 3.63) is 0 Å². The average Bonchev–Trinajstić information content (AvgIpc) is 2.47. The van der Waals surface area contributed by atoms with E-state index in [1.165, 1.54) is 4.31 Å². The van der Waals surface area contributed by atoms with Crippen molar-refractivity contribution in [2.45, 2.75) is 32.1 Å². The molecule has 0 spiro atoms. The van der Waals surface area contributed by atoms with Crippen molar-refractivity contribution >= 4 is 16.2 Å². The van der Waals surface area contributed by atoms with Crippen LogP contribution < -0.4 is 4.72 Å². The second-order valence-corrected chi connectivity index (χ2v) is 7.24. The Labute approximate surface area is 119 Å². The Bertz CT molecular complexity index is 439. The van der Waals surface area contributed by atoms with Crippen LogP contribution in [0, 0.1) is 5.41 Å². The van der Waals surface area contributed by atoms with Gasteiger partial charge >= 0.3 is 5.97 Å². The summed E-state index contributed by atoms with van der Waals surface area (Å²) in [6.07, 6.45) is 3.77. The Morgan fingerprint density at radius 3 is 2.35 bits per heavy atom. The summed E-state index contributed by atoms with van der Waals surface area (Å²) in [6.45, 7) is 1.36. The summed E-state index contributed by atoms with van der Waals surface area (Å²) in [7, 11) is -3.61. The summed E-state index contributed by atoms with van der Waals surface area (Å²) in [6, 6.07) is 0. The summed E-state index contributed by atoms with van der Waals surface area (Å²) in [5.74, 6) is -0.901. The van der Waals surface area contributed by atoms with E-state index < -0.39 is 21.6 Å². The van der Waals surface area contributed by atoms with Crippen LogP contribution in [0.25, 0.3) is 0 Å². The first-order valence-corrected chi connectivity index (χ1v) is 8.46. The van der Waals surface area contributed by atoms with Crippen LogP contribution in [0.3, 0.4) is 0 Å². The molecular formula is C12H22N2O5S. The van der Waals surface area contributed by atoms with Crippen LogP contribution in [0.15, 0.2) is 0 Å². The SMILES string of the molecule is O=C(O)C1(CNS(=O)(=O)N2CCOCC2)CCCCC1. The first-order valence-electron chi connectivity index (χ1n) is 7.02. The lowest BCUT2D eigenvalue weighted by molar-refractivity contribution is -0.150. The Morgan fingerprint density at radius 1 is 1.20 bits per heavy atom. The Balaban J connectivity index is 1.99. The number of aliphatic carboxylic acids is 1. The monoisotopic (exact) mass is 306 g/mol. The molecule has 2 rings (SSSR count). The van der Waals surface area contributed by atoms with E-state index in [1.54, 1.807) is 0 Å². The summed E-state index contributed by atoms with van der Waals surface area (Å²) in [5, 5.41) is 9.43. The number of ether oxygens (including phenoxy) is 1. The van der Waals surface area contributed by atoms with Gasteiger partial charge in [0.05, 0.1) is 18.6 Å². The lowest BCUT2D eigenvalue weighted by Crippen LogP contribution is -2.51. The molecule has 2 N–H and O–H groups in total. The van der Waals surface area contributed by atoms with Crippen molar-refractivity contribution in [2.24, 2.45) is 5.41 Å². The molecule has 20 heavy (non-hydrogen) atoms. The number of nitrogens with zero attached hydrogens (tertiary/aromatic N) is 1. The molecule has 2 fully saturated rings. The standard InChI is InChI=1S/C12H22N2O5S/c15-11(16)12(4-2-1-3-5-12)10-13-20(17,18)14-6-8-19-9-7-14/h13H,1-10H2,(H,15,16). The van der Waals surface area contributed by atoms with Crippen LogP contribution in [-0.2, 0) is 19.7 Å². The van der Waals surface area contributed by atoms with Crippen molar-refractivity contribution in [3.8, 4) is 0 Å². The van der Waals surface area contributed by atoms with Crippen molar-refractivity contribution in [1.82, 2.24) is 9.03 Å². The quantitative estimate of drug-likeness (QED) is 0.756. The third-order valence-electron chi connectivity index (χ3n) is 4.17. The van der Waals surface area contributed by atoms with E-state index in [0.717, 1.165) is 19.3 Å². The molecule has 0 atom stereocenters. The van der Waals surface area contributed by atoms with Gasteiger partial charge in [-0.25, -0.2) is 4.72 Å². The van der Waals surface area contributed by atoms with Crippen molar-refractivity contribution in [3.63, 3.8) is 0 Å². The van der Waals surface area contributed by atoms with Gasteiger partial charge in [-0.15, -0.1) is 0 Å². The van der Waals surface area contributed by atoms with Gasteiger partial charge in [0.2, 0.25) is 0 Å². The first-order chi connectivity index (χ1) is 9.46. The number of morpholine rings is 1. The summed E-state index contributed by atoms with van der Waals surface area (Å²) in [4.78, 5) is 11.5. The van der Waals surface area contributed by atoms with E-state index in [1.807, 2.05) is 0 Å². The molecule has 0 amide bonds. The molecule has 1 aliphatic carbocycles. The molecular weight excluding hydrogens is 284 g/mol. The van der Waals surface area contributed by atoms with Gasteiger partial charge in [-0.05, 0) is 12.8 Å². The molecule has 0 bridgehead atoms. The fourth-order valence-electron chi connectivity index (χ4n) is 2.80. The fourth-order valence-corrected chi connectivity index (χ4v) is 4.07. The fraction of sp³-hybridized carbons (Fsp3) is 0.917. The maximum atomic E-state index is 12.2. The third-order valence-corrected chi connectivity index (χ3v) is 5.72. The van der Waals surface area contributed by atoms with Crippen LogP contribution in [0.2, 0.25) is 0 Å². The van der Waals surface area contributed by atoms with Crippen LogP contribution in [-0.4, -0.2) is 56.6 Å². The number of nitrogens with one attached hydrogen (secondary N) is 1. The molecule has 1 aliphatic heterocycles. The molecule has 116 valence electrons. The highest BCUT2D eigenvalue weighted by molar-refractivity contribution is 7.87. The van der Waals surface area contributed by atoms with E-state index in [2.05, 4.69) is 4.72 Å². The predicted octanol–water partition coefficient (Wildman–Crippen LogP) is 0.188. The van der Waals surface area contributed by atoms with Crippen LogP contribution in [0.1, 0.15) is 32.1 Å². The number of rotatable bonds is 5. The Kier molecular flexibility index (Phi) is 5.00. The van der Waals surface area contributed by atoms with Gasteiger partial charge in [-0.3, -0.25) is 4.79 Å². The smallest absolute Gasteiger partial charge is 0.310 e. The minimum atomic E-state index is -3.61. The Morgan fingerprint density at radius 2 is 1.80 bits per heavy atom. The molecule has 1 saturated heterocycles. The molecule has 1 heterocycles. The van der Waals surface area contributed by atoms with Crippen molar-refractivity contribution in [1.29, 1.82) is 0 Å². The minimum absolute atomic E-state index is 0.0258. The maximum absolute atomic E-state index is 12.2. The Hall–Kier alpha value is -0.700. The predicted molar refractivity (Wildman–Crippen MR) is 72.5 cm³/mol. The van der Waals surface area contributed by atoms with E-state index in [4.69, 9.17) is 4.74 Å². The van der Waals surface area contributed by atoms with E-state index in [-0.39, 0.29) is 6.54 Å². The maximum Gasteiger partial charge on any atom is 0.310 e. The second-order valence-electron chi connectivity index (χ2n) is 5.48. The van der Waals surface area contributed by atoms with Gasteiger partial charge in [0.25, 0.3) is 10.2 Å². The summed E-state index contributed by atoms with van der Waals surface area (Å²) < 4.78 is 33.2. The molecule has 1 saturated carbocycles. The average molecular weight is 306 g/mol. The zero-order valence-electron chi connectivity index (χ0n) is 11.5. The first kappa shape index (κ1) is 15.7. The number of hydrogen-bond acceptors (Lipinski definition) is 4. The highest BCUT2D eigenvalue weighted by Gasteiger charge is 2.41. The zero-order valence-corrected chi connectivity index (χ0v) is 12.3. The van der Waals surface area contributed by atoms with Crippen molar-refractivity contribution in [2.75, 3.05) is 32.8 Å². The molecule has 0 aromatic carbocycles. The molecule has 2 aliphatic rings. The molecule has 0 radical (unpaired) electrons. The van der Waals surface area contributed by atoms with Gasteiger partial charge in [0, 0.05) is 19.6 Å². The number of carboxylic acid groups (broad SMARTS) is 1. The molecule has 8 heteroatoms. The number of carboxylic acids is 1. The van der Waals surface area contributed by atoms with Gasteiger partial charge < -0.3 is 9.84 Å². The van der Waals surface area contributed by atoms with Crippen molar-refractivity contribution < 1.29 is 23.1 Å². The van der Waals surface area contributed by atoms with Crippen LogP contribution in [0.5, 0.6) is 0 Å². The van der Waals surface area contributed by atoms with Gasteiger partial charge in [0.15, 0.2) is 0 Å². The van der Waals surface area contributed by atoms with Crippen LogP contribution in [0.4, 0.5) is 0 Å². The largest absolute Gasteiger partial charge is 0.481 e. The molecule has 7 nitrogen and oxygen atoms in total. The second kappa shape index (κ2) is 6.38. The normalized spacial score (nSPS) is 24.4. The van der Waals surface area contributed by atoms with E-state index in [0.29, 0.717) is 39.1 Å². The minimum Gasteiger partial charge on any atom is -0.481 e. The van der Waals surface area contributed by atoms with Crippen LogP contribution >= 0.6 is 0 Å². The number of carbonyl (C=O) groups is 1. The molecule has 0 aromatic rings. The summed E-state index contributed by atoms with van der Waals surface area (Å²) in [5.41, 5.74) is -0.947. The van der Waals surface area contributed by atoms with E-state index >= 15 is 0 Å². The lowest BCUT2D eigenvalue weighted by Gasteiger charge is -2.34. The van der Waals surface area contributed by atoms with Gasteiger partial charge in [-0.2, -0.15) is 12.7 Å². The van der Waals surface area contributed by atoms with Gasteiger partial charge in [-0.1, -0.05) is 19.3 Å². The molecule has 0 aromatic heterocycles. The van der Waals surface area contributed by atoms with Gasteiger partial charge in [0.1, 0.15) is 0 Å². The highest BCUT2D eigenvalue weighted by atomic mass is 32.2. The zero-order chi connectivity index (χ0) is 14.6. The summed E-state index contributed by atoms with van der Waals surface area (Å²) >= 11 is 0. The lowest BCUT2D eigenvalue weighted by atomic mass is 9.74. The topological polar surface area (TPSA) is 95.9 Å². The number of hydrogen-bond donors (Lipinski definition) is 2. The third kappa shape index (κ3) is 3.49. The molecule has 0 unspecified atom stereocenters. The van der Waals surface area contributed by atoms with E-state index in [9.17, 15) is 18.3 Å². The highest BCUT2D eigenvalue weighted by Crippen LogP contribution is 2.36.